The number of hydrogen-bond donors (Lipinski definition) is 3. The van der Waals surface area contributed by atoms with Crippen molar-refractivity contribution in [3.05, 3.63) is 11.4 Å². The van der Waals surface area contributed by atoms with Crippen molar-refractivity contribution in [2.45, 2.75) is 44.8 Å². The second-order valence-electron chi connectivity index (χ2n) is 5.08. The van der Waals surface area contributed by atoms with Crippen LogP contribution in [-0.4, -0.2) is 50.4 Å². The lowest BCUT2D eigenvalue weighted by Crippen LogP contribution is -2.30. The fourth-order valence-corrected chi connectivity index (χ4v) is 2.43. The van der Waals surface area contributed by atoms with Crippen LogP contribution in [0.1, 0.15) is 54.8 Å². The first-order valence-electron chi connectivity index (χ1n) is 6.59. The van der Waals surface area contributed by atoms with Crippen molar-refractivity contribution in [1.82, 2.24) is 20.3 Å². The first kappa shape index (κ1) is 14.0. The van der Waals surface area contributed by atoms with E-state index in [0.29, 0.717) is 5.69 Å². The number of carbonyl (C=O) groups is 1. The van der Waals surface area contributed by atoms with E-state index in [1.807, 2.05) is 6.92 Å². The first-order valence-corrected chi connectivity index (χ1v) is 6.59. The number of aliphatic hydroxyl groups is 1. The van der Waals surface area contributed by atoms with E-state index in [0.717, 1.165) is 25.9 Å². The lowest BCUT2D eigenvalue weighted by Gasteiger charge is -2.26. The van der Waals surface area contributed by atoms with Gasteiger partial charge in [0.2, 0.25) is 0 Å². The van der Waals surface area contributed by atoms with Gasteiger partial charge in [0.15, 0.2) is 5.69 Å². The zero-order valence-electron chi connectivity index (χ0n) is 11.2. The predicted octanol–water partition coefficient (Wildman–Crippen LogP) is 0.385. The van der Waals surface area contributed by atoms with E-state index in [-0.39, 0.29) is 17.7 Å². The van der Waals surface area contributed by atoms with E-state index in [1.54, 1.807) is 11.6 Å². The number of piperidine rings is 1. The molecule has 0 spiro atoms. The molecule has 2 unspecified atom stereocenters. The largest absolute Gasteiger partial charge is 0.476 e. The summed E-state index contributed by atoms with van der Waals surface area (Å²) in [7, 11) is 0. The molecule has 1 saturated heterocycles. The average Bonchev–Trinajstić information content (AvgIpc) is 2.83. The smallest absolute Gasteiger partial charge is 0.358 e. The van der Waals surface area contributed by atoms with E-state index in [4.69, 9.17) is 0 Å². The quantitative estimate of drug-likeness (QED) is 0.730. The third-order valence-electron chi connectivity index (χ3n) is 3.74. The molecule has 7 nitrogen and oxygen atoms in total. The molecule has 0 saturated carbocycles. The van der Waals surface area contributed by atoms with Crippen molar-refractivity contribution >= 4 is 5.97 Å². The average molecular weight is 268 g/mol. The van der Waals surface area contributed by atoms with E-state index in [9.17, 15) is 15.0 Å². The van der Waals surface area contributed by atoms with E-state index >= 15 is 0 Å². The Labute approximate surface area is 111 Å². The topological polar surface area (TPSA) is 100 Å². The standard InChI is InChI=1S/C12H20N4O3/c1-7(8(2)17)16-11(9-3-5-13-6-4-9)10(12(18)19)14-15-16/h7-9,13,17H,3-6H2,1-2H3,(H,18,19). The molecule has 0 bridgehead atoms. The number of hydrogen-bond acceptors (Lipinski definition) is 5. The van der Waals surface area contributed by atoms with E-state index in [2.05, 4.69) is 15.6 Å². The van der Waals surface area contributed by atoms with Crippen LogP contribution < -0.4 is 5.32 Å². The van der Waals surface area contributed by atoms with Gasteiger partial charge in [-0.15, -0.1) is 5.10 Å². The normalized spacial score (nSPS) is 20.2. The summed E-state index contributed by atoms with van der Waals surface area (Å²) in [4.78, 5) is 11.3. The van der Waals surface area contributed by atoms with E-state index < -0.39 is 12.1 Å². The summed E-state index contributed by atoms with van der Waals surface area (Å²) in [5.74, 6) is -0.930. The van der Waals surface area contributed by atoms with Gasteiger partial charge >= 0.3 is 5.97 Å². The maximum Gasteiger partial charge on any atom is 0.358 e. The SMILES string of the molecule is CC(O)C(C)n1nnc(C(=O)O)c1C1CCNCC1. The first-order chi connectivity index (χ1) is 9.02. The Morgan fingerprint density at radius 3 is 2.58 bits per heavy atom. The molecule has 106 valence electrons. The van der Waals surface area contributed by atoms with Crippen LogP contribution >= 0.6 is 0 Å². The van der Waals surface area contributed by atoms with Gasteiger partial charge in [-0.05, 0) is 39.8 Å². The highest BCUT2D eigenvalue weighted by atomic mass is 16.4. The maximum absolute atomic E-state index is 11.3. The Bertz CT molecular complexity index is 452. The van der Waals surface area contributed by atoms with Crippen LogP contribution in [0.15, 0.2) is 0 Å². The van der Waals surface area contributed by atoms with Crippen LogP contribution in [0.3, 0.4) is 0 Å². The fraction of sp³-hybridized carbons (Fsp3) is 0.750. The van der Waals surface area contributed by atoms with Crippen LogP contribution in [0.25, 0.3) is 0 Å². The van der Waals surface area contributed by atoms with Crippen molar-refractivity contribution in [3.8, 4) is 0 Å². The molecule has 1 aliphatic heterocycles. The van der Waals surface area contributed by atoms with Gasteiger partial charge in [-0.25, -0.2) is 9.48 Å². The predicted molar refractivity (Wildman–Crippen MR) is 68.2 cm³/mol. The molecule has 1 aliphatic rings. The fourth-order valence-electron chi connectivity index (χ4n) is 2.43. The molecule has 2 atom stereocenters. The van der Waals surface area contributed by atoms with Crippen molar-refractivity contribution in [2.75, 3.05) is 13.1 Å². The van der Waals surface area contributed by atoms with Crippen molar-refractivity contribution in [1.29, 1.82) is 0 Å². The number of rotatable bonds is 4. The minimum absolute atomic E-state index is 0.0133. The highest BCUT2D eigenvalue weighted by Gasteiger charge is 2.30. The van der Waals surface area contributed by atoms with E-state index in [1.165, 1.54) is 0 Å². The van der Waals surface area contributed by atoms with Crippen molar-refractivity contribution < 1.29 is 15.0 Å². The summed E-state index contributed by atoms with van der Waals surface area (Å²) in [6.45, 7) is 5.20. The number of carboxylic acid groups (broad SMARTS) is 1. The summed E-state index contributed by atoms with van der Waals surface area (Å²) < 4.78 is 1.57. The van der Waals surface area contributed by atoms with Crippen molar-refractivity contribution in [3.63, 3.8) is 0 Å². The summed E-state index contributed by atoms with van der Waals surface area (Å²) in [6, 6.07) is -0.287. The van der Waals surface area contributed by atoms with Gasteiger partial charge in [0.05, 0.1) is 17.8 Å². The molecule has 0 aliphatic carbocycles. The number of aromatic nitrogens is 3. The Hall–Kier alpha value is -1.47. The maximum atomic E-state index is 11.3. The van der Waals surface area contributed by atoms with Gasteiger partial charge in [-0.2, -0.15) is 0 Å². The molecule has 3 N–H and O–H groups in total. The van der Waals surface area contributed by atoms with Gasteiger partial charge in [-0.1, -0.05) is 5.21 Å². The van der Waals surface area contributed by atoms with Gasteiger partial charge < -0.3 is 15.5 Å². The minimum Gasteiger partial charge on any atom is -0.476 e. The second-order valence-corrected chi connectivity index (χ2v) is 5.08. The summed E-state index contributed by atoms with van der Waals surface area (Å²) in [5, 5.41) is 29.9. The Morgan fingerprint density at radius 2 is 2.05 bits per heavy atom. The Morgan fingerprint density at radius 1 is 1.42 bits per heavy atom. The third kappa shape index (κ3) is 2.76. The lowest BCUT2D eigenvalue weighted by molar-refractivity contribution is 0.0687. The molecular formula is C12H20N4O3. The Balaban J connectivity index is 2.40. The third-order valence-corrected chi connectivity index (χ3v) is 3.74. The molecule has 7 heteroatoms. The molecule has 1 aromatic rings. The molecule has 2 rings (SSSR count). The molecule has 19 heavy (non-hydrogen) atoms. The highest BCUT2D eigenvalue weighted by molar-refractivity contribution is 5.86. The van der Waals surface area contributed by atoms with Crippen LogP contribution in [0.2, 0.25) is 0 Å². The van der Waals surface area contributed by atoms with Crippen LogP contribution in [0, 0.1) is 0 Å². The molecule has 1 fully saturated rings. The monoisotopic (exact) mass is 268 g/mol. The summed E-state index contributed by atoms with van der Waals surface area (Å²) in [6.07, 6.45) is 1.12. The molecule has 0 amide bonds. The van der Waals surface area contributed by atoms with Crippen LogP contribution in [0.5, 0.6) is 0 Å². The number of aliphatic hydroxyl groups excluding tert-OH is 1. The van der Waals surface area contributed by atoms with Crippen molar-refractivity contribution in [2.24, 2.45) is 0 Å². The molecule has 0 radical (unpaired) electrons. The number of carboxylic acids is 1. The van der Waals surface area contributed by atoms with Crippen LogP contribution in [-0.2, 0) is 0 Å². The molecule has 0 aromatic carbocycles. The number of nitrogens with one attached hydrogen (secondary N) is 1. The number of nitrogens with zero attached hydrogens (tertiary/aromatic N) is 3. The van der Waals surface area contributed by atoms with Gasteiger partial charge in [0.1, 0.15) is 0 Å². The summed E-state index contributed by atoms with van der Waals surface area (Å²) >= 11 is 0. The molecule has 2 heterocycles. The second kappa shape index (κ2) is 5.66. The molecule has 1 aromatic heterocycles. The lowest BCUT2D eigenvalue weighted by atomic mass is 9.92. The highest BCUT2D eigenvalue weighted by Crippen LogP contribution is 2.29. The minimum atomic E-state index is -1.06. The Kier molecular flexibility index (Phi) is 4.16. The zero-order chi connectivity index (χ0) is 14.0. The molecular weight excluding hydrogens is 248 g/mol. The van der Waals surface area contributed by atoms with Gasteiger partial charge in [0, 0.05) is 5.92 Å². The van der Waals surface area contributed by atoms with Gasteiger partial charge in [-0.3, -0.25) is 0 Å². The number of aromatic carboxylic acids is 1. The zero-order valence-corrected chi connectivity index (χ0v) is 11.2. The van der Waals surface area contributed by atoms with Gasteiger partial charge in [0.25, 0.3) is 0 Å². The van der Waals surface area contributed by atoms with Crippen LogP contribution in [0.4, 0.5) is 0 Å². The summed E-state index contributed by atoms with van der Waals surface area (Å²) in [5.41, 5.74) is 0.654.